The molecule has 2 rings (SSSR count). The Morgan fingerprint density at radius 2 is 2.22 bits per heavy atom. The van der Waals surface area contributed by atoms with E-state index >= 15 is 0 Å². The Kier molecular flexibility index (Phi) is 5.58. The molecule has 18 heavy (non-hydrogen) atoms. The molecular formula is C16H25NS. The van der Waals surface area contributed by atoms with E-state index in [-0.39, 0.29) is 0 Å². The van der Waals surface area contributed by atoms with E-state index < -0.39 is 0 Å². The smallest absolute Gasteiger partial charge is 0.0164 e. The maximum atomic E-state index is 3.65. The molecule has 1 aliphatic carbocycles. The number of nitrogens with one attached hydrogen (secondary N) is 1. The van der Waals surface area contributed by atoms with Gasteiger partial charge < -0.3 is 5.32 Å². The molecule has 1 aromatic carbocycles. The minimum atomic E-state index is 0.686. The van der Waals surface area contributed by atoms with Gasteiger partial charge in [0.15, 0.2) is 0 Å². The van der Waals surface area contributed by atoms with Crippen molar-refractivity contribution >= 4 is 11.8 Å². The van der Waals surface area contributed by atoms with Crippen LogP contribution < -0.4 is 5.32 Å². The van der Waals surface area contributed by atoms with Crippen LogP contribution in [0.3, 0.4) is 0 Å². The molecular weight excluding hydrogens is 238 g/mol. The van der Waals surface area contributed by atoms with Gasteiger partial charge in [0, 0.05) is 16.7 Å². The molecule has 1 aromatic rings. The summed E-state index contributed by atoms with van der Waals surface area (Å²) in [6, 6.07) is 9.53. The van der Waals surface area contributed by atoms with Gasteiger partial charge in [-0.3, -0.25) is 0 Å². The molecule has 1 N–H and O–H groups in total. The second-order valence-corrected chi connectivity index (χ2v) is 6.51. The standard InChI is InChI=1S/C16H25NS/c1-3-17-15(11-14-7-5-8-14)12-18-16-9-4-6-13(2)10-16/h4,6,9-10,14-15,17H,3,5,7-8,11-12H2,1-2H3. The van der Waals surface area contributed by atoms with Crippen LogP contribution in [0.1, 0.15) is 38.2 Å². The minimum Gasteiger partial charge on any atom is -0.313 e. The number of hydrogen-bond donors (Lipinski definition) is 1. The molecule has 1 fully saturated rings. The van der Waals surface area contributed by atoms with Crippen LogP contribution >= 0.6 is 11.8 Å². The van der Waals surface area contributed by atoms with Gasteiger partial charge in [-0.05, 0) is 37.9 Å². The highest BCUT2D eigenvalue weighted by molar-refractivity contribution is 7.99. The van der Waals surface area contributed by atoms with E-state index in [1.54, 1.807) is 0 Å². The average molecular weight is 263 g/mol. The van der Waals surface area contributed by atoms with Crippen molar-refractivity contribution in [3.8, 4) is 0 Å². The normalized spacial score (nSPS) is 17.4. The Balaban J connectivity index is 1.80. The fourth-order valence-electron chi connectivity index (χ4n) is 2.53. The number of thioether (sulfide) groups is 1. The fraction of sp³-hybridized carbons (Fsp3) is 0.625. The quantitative estimate of drug-likeness (QED) is 0.738. The first kappa shape index (κ1) is 14.0. The van der Waals surface area contributed by atoms with E-state index in [1.807, 2.05) is 11.8 Å². The first-order chi connectivity index (χ1) is 8.78. The number of rotatable bonds is 7. The van der Waals surface area contributed by atoms with E-state index in [0.717, 1.165) is 12.5 Å². The molecule has 1 unspecified atom stereocenters. The molecule has 1 saturated carbocycles. The maximum Gasteiger partial charge on any atom is 0.0164 e. The zero-order valence-electron chi connectivity index (χ0n) is 11.6. The molecule has 1 aliphatic rings. The summed E-state index contributed by atoms with van der Waals surface area (Å²) in [5.41, 5.74) is 1.36. The van der Waals surface area contributed by atoms with Gasteiger partial charge in [0.05, 0.1) is 0 Å². The summed E-state index contributed by atoms with van der Waals surface area (Å²) < 4.78 is 0. The van der Waals surface area contributed by atoms with Gasteiger partial charge in [-0.2, -0.15) is 0 Å². The topological polar surface area (TPSA) is 12.0 Å². The molecule has 0 spiro atoms. The fourth-order valence-corrected chi connectivity index (χ4v) is 3.62. The van der Waals surface area contributed by atoms with Gasteiger partial charge in [0.25, 0.3) is 0 Å². The first-order valence-electron chi connectivity index (χ1n) is 7.20. The van der Waals surface area contributed by atoms with Crippen LogP contribution in [0.25, 0.3) is 0 Å². The van der Waals surface area contributed by atoms with E-state index in [2.05, 4.69) is 43.4 Å². The van der Waals surface area contributed by atoms with Gasteiger partial charge in [0.1, 0.15) is 0 Å². The zero-order chi connectivity index (χ0) is 12.8. The van der Waals surface area contributed by atoms with Crippen molar-refractivity contribution in [1.29, 1.82) is 0 Å². The molecule has 0 aliphatic heterocycles. The van der Waals surface area contributed by atoms with Crippen molar-refractivity contribution in [3.05, 3.63) is 29.8 Å². The third kappa shape index (κ3) is 4.33. The van der Waals surface area contributed by atoms with E-state index in [1.165, 1.54) is 41.9 Å². The maximum absolute atomic E-state index is 3.65. The predicted octanol–water partition coefficient (Wildman–Crippen LogP) is 4.26. The van der Waals surface area contributed by atoms with Crippen molar-refractivity contribution in [1.82, 2.24) is 5.32 Å². The van der Waals surface area contributed by atoms with Gasteiger partial charge in [-0.15, -0.1) is 11.8 Å². The predicted molar refractivity (Wildman–Crippen MR) is 81.3 cm³/mol. The first-order valence-corrected chi connectivity index (χ1v) is 8.19. The highest BCUT2D eigenvalue weighted by atomic mass is 32.2. The largest absolute Gasteiger partial charge is 0.313 e. The highest BCUT2D eigenvalue weighted by Gasteiger charge is 2.21. The average Bonchev–Trinajstić information content (AvgIpc) is 2.30. The molecule has 0 saturated heterocycles. The molecule has 0 aromatic heterocycles. The lowest BCUT2D eigenvalue weighted by atomic mass is 9.81. The SMILES string of the molecule is CCNC(CSc1cccc(C)c1)CC1CCC1. The number of benzene rings is 1. The van der Waals surface area contributed by atoms with Crippen LogP contribution in [0.5, 0.6) is 0 Å². The van der Waals surface area contributed by atoms with Gasteiger partial charge in [0.2, 0.25) is 0 Å². The van der Waals surface area contributed by atoms with Gasteiger partial charge in [-0.1, -0.05) is 43.9 Å². The molecule has 0 amide bonds. The van der Waals surface area contributed by atoms with Crippen LogP contribution in [-0.2, 0) is 0 Å². The van der Waals surface area contributed by atoms with Crippen LogP contribution in [0.15, 0.2) is 29.2 Å². The van der Waals surface area contributed by atoms with Crippen molar-refractivity contribution < 1.29 is 0 Å². The van der Waals surface area contributed by atoms with Gasteiger partial charge in [-0.25, -0.2) is 0 Å². The monoisotopic (exact) mass is 263 g/mol. The summed E-state index contributed by atoms with van der Waals surface area (Å²) >= 11 is 2.00. The van der Waals surface area contributed by atoms with Crippen molar-refractivity contribution in [2.24, 2.45) is 5.92 Å². The van der Waals surface area contributed by atoms with Crippen molar-refractivity contribution in [3.63, 3.8) is 0 Å². The Morgan fingerprint density at radius 1 is 1.39 bits per heavy atom. The molecule has 0 bridgehead atoms. The van der Waals surface area contributed by atoms with Crippen LogP contribution in [0.2, 0.25) is 0 Å². The molecule has 1 atom stereocenters. The van der Waals surface area contributed by atoms with E-state index in [4.69, 9.17) is 0 Å². The zero-order valence-corrected chi connectivity index (χ0v) is 12.4. The van der Waals surface area contributed by atoms with Crippen LogP contribution in [0.4, 0.5) is 0 Å². The second kappa shape index (κ2) is 7.20. The summed E-state index contributed by atoms with van der Waals surface area (Å²) in [6.07, 6.45) is 5.73. The van der Waals surface area contributed by atoms with Crippen molar-refractivity contribution in [2.45, 2.75) is 50.5 Å². The lowest BCUT2D eigenvalue weighted by Crippen LogP contribution is -2.34. The summed E-state index contributed by atoms with van der Waals surface area (Å²) in [4.78, 5) is 1.41. The second-order valence-electron chi connectivity index (χ2n) is 5.41. The summed E-state index contributed by atoms with van der Waals surface area (Å²) in [7, 11) is 0. The van der Waals surface area contributed by atoms with Crippen molar-refractivity contribution in [2.75, 3.05) is 12.3 Å². The van der Waals surface area contributed by atoms with Gasteiger partial charge >= 0.3 is 0 Å². The molecule has 0 radical (unpaired) electrons. The molecule has 2 heteroatoms. The third-order valence-electron chi connectivity index (χ3n) is 3.78. The molecule has 100 valence electrons. The van der Waals surface area contributed by atoms with E-state index in [9.17, 15) is 0 Å². The highest BCUT2D eigenvalue weighted by Crippen LogP contribution is 2.31. The Morgan fingerprint density at radius 3 is 2.83 bits per heavy atom. The minimum absolute atomic E-state index is 0.686. The van der Waals surface area contributed by atoms with Crippen LogP contribution in [0, 0.1) is 12.8 Å². The summed E-state index contributed by atoms with van der Waals surface area (Å²) in [6.45, 7) is 5.47. The Hall–Kier alpha value is -0.470. The Bertz CT molecular complexity index is 360. The summed E-state index contributed by atoms with van der Waals surface area (Å²) in [5, 5.41) is 3.65. The number of hydrogen-bond acceptors (Lipinski definition) is 2. The third-order valence-corrected chi connectivity index (χ3v) is 4.93. The number of aryl methyl sites for hydroxylation is 1. The molecule has 0 heterocycles. The lowest BCUT2D eigenvalue weighted by Gasteiger charge is -2.30. The van der Waals surface area contributed by atoms with Crippen LogP contribution in [-0.4, -0.2) is 18.3 Å². The molecule has 1 nitrogen and oxygen atoms in total. The Labute approximate surface area is 116 Å². The lowest BCUT2D eigenvalue weighted by molar-refractivity contribution is 0.269. The summed E-state index contributed by atoms with van der Waals surface area (Å²) in [5.74, 6) is 2.19. The van der Waals surface area contributed by atoms with E-state index in [0.29, 0.717) is 6.04 Å².